The topological polar surface area (TPSA) is 72.5 Å². The highest BCUT2D eigenvalue weighted by Gasteiger charge is 2.12. The van der Waals surface area contributed by atoms with Crippen LogP contribution in [0.2, 0.25) is 10.0 Å². The van der Waals surface area contributed by atoms with Crippen LogP contribution < -0.4 is 5.32 Å². The molecular weight excluding hydrogens is 377 g/mol. The van der Waals surface area contributed by atoms with Crippen molar-refractivity contribution in [3.63, 3.8) is 0 Å². The van der Waals surface area contributed by atoms with Crippen LogP contribution in [0.5, 0.6) is 0 Å². The predicted octanol–water partition coefficient (Wildman–Crippen LogP) is 3.82. The van der Waals surface area contributed by atoms with Crippen LogP contribution >= 0.6 is 23.2 Å². The van der Waals surface area contributed by atoms with Gasteiger partial charge >= 0.3 is 5.97 Å². The molecule has 0 heterocycles. The molecular formula is C19H17Cl2NO4. The number of hydrogen-bond donors (Lipinski definition) is 1. The molecule has 0 fully saturated rings. The summed E-state index contributed by atoms with van der Waals surface area (Å²) in [6.45, 7) is -0.0792. The van der Waals surface area contributed by atoms with E-state index in [2.05, 4.69) is 5.32 Å². The van der Waals surface area contributed by atoms with Crippen LogP contribution in [0.15, 0.2) is 48.5 Å². The molecule has 2 rings (SSSR count). The number of benzene rings is 2. The molecule has 0 spiro atoms. The van der Waals surface area contributed by atoms with E-state index in [0.717, 1.165) is 5.56 Å². The fraction of sp³-hybridized carbons (Fsp3) is 0.211. The van der Waals surface area contributed by atoms with Crippen molar-refractivity contribution in [3.8, 4) is 0 Å². The maximum Gasteiger partial charge on any atom is 0.306 e. The van der Waals surface area contributed by atoms with Gasteiger partial charge in [0.2, 0.25) is 0 Å². The lowest BCUT2D eigenvalue weighted by molar-refractivity contribution is -0.148. The van der Waals surface area contributed by atoms with Gasteiger partial charge in [-0.15, -0.1) is 0 Å². The first-order valence-electron chi connectivity index (χ1n) is 7.89. The van der Waals surface area contributed by atoms with E-state index in [4.69, 9.17) is 27.9 Å². The fourth-order valence-corrected chi connectivity index (χ4v) is 2.32. The van der Waals surface area contributed by atoms with Crippen LogP contribution in [0.25, 0.3) is 0 Å². The van der Waals surface area contributed by atoms with Gasteiger partial charge in [-0.25, -0.2) is 0 Å². The van der Waals surface area contributed by atoms with E-state index in [9.17, 15) is 14.4 Å². The molecule has 0 saturated heterocycles. The largest absolute Gasteiger partial charge is 0.456 e. The molecule has 2 aromatic carbocycles. The zero-order valence-electron chi connectivity index (χ0n) is 13.8. The highest BCUT2D eigenvalue weighted by Crippen LogP contribution is 2.12. The lowest BCUT2D eigenvalue weighted by Crippen LogP contribution is -2.28. The van der Waals surface area contributed by atoms with Crippen LogP contribution in [-0.2, 0) is 20.9 Å². The molecule has 0 saturated carbocycles. The van der Waals surface area contributed by atoms with Crippen LogP contribution in [0.1, 0.15) is 28.8 Å². The Kier molecular flexibility index (Phi) is 7.63. The Morgan fingerprint density at radius 3 is 2.04 bits per heavy atom. The first-order valence-corrected chi connectivity index (χ1v) is 8.65. The predicted molar refractivity (Wildman–Crippen MR) is 99.3 cm³/mol. The van der Waals surface area contributed by atoms with Crippen LogP contribution in [-0.4, -0.2) is 24.3 Å². The second-order valence-corrected chi connectivity index (χ2v) is 6.37. The number of rotatable bonds is 8. The summed E-state index contributed by atoms with van der Waals surface area (Å²) in [5, 5.41) is 3.78. The number of carbonyl (C=O) groups is 3. The van der Waals surface area contributed by atoms with Crippen molar-refractivity contribution in [2.75, 3.05) is 6.61 Å². The number of halogens is 2. The molecule has 1 amide bonds. The molecule has 0 atom stereocenters. The highest BCUT2D eigenvalue weighted by molar-refractivity contribution is 6.30. The molecule has 0 bridgehead atoms. The summed E-state index contributed by atoms with van der Waals surface area (Å²) in [6, 6.07) is 13.4. The zero-order chi connectivity index (χ0) is 18.9. The molecule has 0 aromatic heterocycles. The van der Waals surface area contributed by atoms with Crippen molar-refractivity contribution in [1.82, 2.24) is 5.32 Å². The van der Waals surface area contributed by atoms with Gasteiger partial charge in [0.15, 0.2) is 12.4 Å². The quantitative estimate of drug-likeness (QED) is 0.546. The first kappa shape index (κ1) is 19.9. The minimum Gasteiger partial charge on any atom is -0.456 e. The average Bonchev–Trinajstić information content (AvgIpc) is 2.64. The van der Waals surface area contributed by atoms with Crippen molar-refractivity contribution >= 4 is 40.9 Å². The smallest absolute Gasteiger partial charge is 0.306 e. The number of carbonyl (C=O) groups excluding carboxylic acids is 3. The number of hydrogen-bond acceptors (Lipinski definition) is 4. The second kappa shape index (κ2) is 9.94. The molecule has 0 aliphatic heterocycles. The normalized spacial score (nSPS) is 10.2. The number of esters is 1. The van der Waals surface area contributed by atoms with Crippen molar-refractivity contribution in [1.29, 1.82) is 0 Å². The number of Topliss-reactive ketones (excluding diaryl/α,β-unsaturated/α-hetero) is 1. The molecule has 26 heavy (non-hydrogen) atoms. The molecule has 0 radical (unpaired) electrons. The summed E-state index contributed by atoms with van der Waals surface area (Å²) in [7, 11) is 0. The molecule has 5 nitrogen and oxygen atoms in total. The Morgan fingerprint density at radius 1 is 0.846 bits per heavy atom. The van der Waals surface area contributed by atoms with Crippen LogP contribution in [0, 0.1) is 0 Å². The Balaban J connectivity index is 1.66. The van der Waals surface area contributed by atoms with Gasteiger partial charge in [0, 0.05) is 28.6 Å². The third-order valence-corrected chi connectivity index (χ3v) is 3.99. The Hall–Kier alpha value is -2.37. The Labute approximate surface area is 161 Å². The summed E-state index contributed by atoms with van der Waals surface area (Å²) < 4.78 is 4.87. The SMILES string of the molecule is O=C(COC(=O)CCC(=O)c1ccc(Cl)cc1)NCc1ccc(Cl)cc1. The van der Waals surface area contributed by atoms with E-state index in [1.807, 2.05) is 0 Å². The van der Waals surface area contributed by atoms with E-state index < -0.39 is 11.9 Å². The summed E-state index contributed by atoms with van der Waals surface area (Å²) in [5.74, 6) is -1.21. The van der Waals surface area contributed by atoms with Gasteiger partial charge in [-0.3, -0.25) is 14.4 Å². The van der Waals surface area contributed by atoms with Gasteiger partial charge in [0.25, 0.3) is 5.91 Å². The van der Waals surface area contributed by atoms with E-state index >= 15 is 0 Å². The van der Waals surface area contributed by atoms with Crippen molar-refractivity contribution in [3.05, 3.63) is 69.7 Å². The van der Waals surface area contributed by atoms with Gasteiger partial charge in [-0.05, 0) is 42.0 Å². The van der Waals surface area contributed by atoms with E-state index in [-0.39, 0.29) is 25.2 Å². The van der Waals surface area contributed by atoms with Crippen molar-refractivity contribution in [2.45, 2.75) is 19.4 Å². The van der Waals surface area contributed by atoms with Gasteiger partial charge in [0.1, 0.15) is 0 Å². The number of amides is 1. The number of ether oxygens (including phenoxy) is 1. The lowest BCUT2D eigenvalue weighted by Gasteiger charge is -2.07. The molecule has 2 aromatic rings. The average molecular weight is 394 g/mol. The highest BCUT2D eigenvalue weighted by atomic mass is 35.5. The molecule has 0 aliphatic carbocycles. The molecule has 1 N–H and O–H groups in total. The number of nitrogens with one attached hydrogen (secondary N) is 1. The van der Waals surface area contributed by atoms with Gasteiger partial charge in [-0.2, -0.15) is 0 Å². The van der Waals surface area contributed by atoms with E-state index in [1.54, 1.807) is 48.5 Å². The van der Waals surface area contributed by atoms with E-state index in [1.165, 1.54) is 0 Å². The van der Waals surface area contributed by atoms with Crippen LogP contribution in [0.3, 0.4) is 0 Å². The standard InChI is InChI=1S/C19H17Cl2NO4/c20-15-5-1-13(2-6-15)11-22-18(24)12-26-19(25)10-9-17(23)14-3-7-16(21)8-4-14/h1-8H,9-12H2,(H,22,24). The lowest BCUT2D eigenvalue weighted by atomic mass is 10.1. The van der Waals surface area contributed by atoms with Gasteiger partial charge in [-0.1, -0.05) is 35.3 Å². The maximum atomic E-state index is 11.9. The third-order valence-electron chi connectivity index (χ3n) is 3.49. The third kappa shape index (κ3) is 6.86. The van der Waals surface area contributed by atoms with Gasteiger partial charge < -0.3 is 10.1 Å². The molecule has 0 unspecified atom stereocenters. The zero-order valence-corrected chi connectivity index (χ0v) is 15.3. The maximum absolute atomic E-state index is 11.9. The van der Waals surface area contributed by atoms with Crippen LogP contribution in [0.4, 0.5) is 0 Å². The Morgan fingerprint density at radius 2 is 1.42 bits per heavy atom. The minimum atomic E-state index is -0.603. The van der Waals surface area contributed by atoms with E-state index in [0.29, 0.717) is 22.2 Å². The Bertz CT molecular complexity index is 773. The van der Waals surface area contributed by atoms with Gasteiger partial charge in [0.05, 0.1) is 6.42 Å². The minimum absolute atomic E-state index is 0.00681. The summed E-state index contributed by atoms with van der Waals surface area (Å²) in [5.41, 5.74) is 1.35. The second-order valence-electron chi connectivity index (χ2n) is 5.49. The molecule has 7 heteroatoms. The summed E-state index contributed by atoms with van der Waals surface area (Å²) >= 11 is 11.5. The molecule has 136 valence electrons. The summed E-state index contributed by atoms with van der Waals surface area (Å²) in [6.07, 6.45) is -0.0845. The number of ketones is 1. The molecule has 0 aliphatic rings. The monoisotopic (exact) mass is 393 g/mol. The first-order chi connectivity index (χ1) is 12.4. The summed E-state index contributed by atoms with van der Waals surface area (Å²) in [4.78, 5) is 35.3. The van der Waals surface area contributed by atoms with Crippen molar-refractivity contribution < 1.29 is 19.1 Å². The fourth-order valence-electron chi connectivity index (χ4n) is 2.07. The van der Waals surface area contributed by atoms with Crippen molar-refractivity contribution in [2.24, 2.45) is 0 Å².